The Morgan fingerprint density at radius 1 is 1.14 bits per heavy atom. The van der Waals surface area contributed by atoms with Gasteiger partial charge in [-0.05, 0) is 42.8 Å². The molecule has 6 nitrogen and oxygen atoms in total. The molecule has 0 saturated carbocycles. The van der Waals surface area contributed by atoms with Crippen LogP contribution in [0.4, 0.5) is 5.69 Å². The van der Waals surface area contributed by atoms with Gasteiger partial charge in [-0.25, -0.2) is 0 Å². The Morgan fingerprint density at radius 3 is 2.72 bits per heavy atom. The maximum atomic E-state index is 13.1. The zero-order valence-electron chi connectivity index (χ0n) is 16.0. The average molecular weight is 391 g/mol. The molecule has 4 rings (SSSR count). The van der Waals surface area contributed by atoms with Crippen LogP contribution in [0.15, 0.2) is 71.3 Å². The molecule has 1 aliphatic rings. The van der Waals surface area contributed by atoms with E-state index in [0.29, 0.717) is 17.0 Å². The highest BCUT2D eigenvalue weighted by molar-refractivity contribution is 6.10. The third-order valence-electron chi connectivity index (χ3n) is 5.02. The number of Topliss-reactive ketones (excluding diaryl/α,β-unsaturated/α-hetero) is 1. The van der Waals surface area contributed by atoms with E-state index in [0.717, 1.165) is 5.56 Å². The number of benzene rings is 2. The summed E-state index contributed by atoms with van der Waals surface area (Å²) in [7, 11) is 0. The van der Waals surface area contributed by atoms with Gasteiger partial charge in [0.05, 0.1) is 24.9 Å². The molecule has 29 heavy (non-hydrogen) atoms. The minimum absolute atomic E-state index is 0.116. The molecular formula is C23H21NO5. The van der Waals surface area contributed by atoms with Crippen molar-refractivity contribution in [1.82, 2.24) is 0 Å². The number of para-hydroxylation sites is 1. The predicted octanol–water partition coefficient (Wildman–Crippen LogP) is 3.47. The van der Waals surface area contributed by atoms with Crippen LogP contribution in [0.25, 0.3) is 0 Å². The fraction of sp³-hybridized carbons (Fsp3) is 0.217. The number of hydrogen-bond acceptors (Lipinski definition) is 5. The van der Waals surface area contributed by atoms with Crippen LogP contribution in [0, 0.1) is 6.92 Å². The monoisotopic (exact) mass is 391 g/mol. The number of rotatable bonds is 7. The molecule has 1 amide bonds. The van der Waals surface area contributed by atoms with Crippen LogP contribution in [0.3, 0.4) is 0 Å². The summed E-state index contributed by atoms with van der Waals surface area (Å²) in [6.45, 7) is 2.48. The van der Waals surface area contributed by atoms with Gasteiger partial charge in [0.1, 0.15) is 12.4 Å². The van der Waals surface area contributed by atoms with Gasteiger partial charge in [0.2, 0.25) is 5.78 Å². The summed E-state index contributed by atoms with van der Waals surface area (Å²) in [5, 5.41) is 11.2. The highest BCUT2D eigenvalue weighted by Gasteiger charge is 2.51. The van der Waals surface area contributed by atoms with Gasteiger partial charge in [0.25, 0.3) is 5.91 Å². The Kier molecular flexibility index (Phi) is 4.94. The molecule has 1 N–H and O–H groups in total. The van der Waals surface area contributed by atoms with Gasteiger partial charge in [0, 0.05) is 5.56 Å². The van der Waals surface area contributed by atoms with Gasteiger partial charge in [-0.15, -0.1) is 0 Å². The summed E-state index contributed by atoms with van der Waals surface area (Å²) < 4.78 is 10.9. The highest BCUT2D eigenvalue weighted by Crippen LogP contribution is 2.42. The van der Waals surface area contributed by atoms with Gasteiger partial charge in [-0.2, -0.15) is 0 Å². The van der Waals surface area contributed by atoms with Crippen molar-refractivity contribution >= 4 is 17.4 Å². The second kappa shape index (κ2) is 7.56. The molecule has 1 aromatic heterocycles. The van der Waals surface area contributed by atoms with E-state index >= 15 is 0 Å². The van der Waals surface area contributed by atoms with E-state index in [1.54, 1.807) is 30.3 Å². The number of ketones is 1. The van der Waals surface area contributed by atoms with E-state index in [-0.39, 0.29) is 25.3 Å². The maximum absolute atomic E-state index is 13.1. The SMILES string of the molecule is Cc1cccc(OCCN2C(=O)C(O)(CC(=O)c3ccco3)c3ccccc32)c1. The lowest BCUT2D eigenvalue weighted by Crippen LogP contribution is -2.43. The van der Waals surface area contributed by atoms with E-state index in [9.17, 15) is 14.7 Å². The molecule has 2 aromatic carbocycles. The van der Waals surface area contributed by atoms with Crippen molar-refractivity contribution in [2.75, 3.05) is 18.1 Å². The lowest BCUT2D eigenvalue weighted by atomic mass is 9.89. The smallest absolute Gasteiger partial charge is 0.264 e. The molecule has 6 heteroatoms. The number of aryl methyl sites for hydroxylation is 1. The fourth-order valence-corrected chi connectivity index (χ4v) is 3.62. The molecule has 1 aliphatic heterocycles. The second-order valence-corrected chi connectivity index (χ2v) is 7.08. The van der Waals surface area contributed by atoms with E-state index in [1.165, 1.54) is 17.2 Å². The number of fused-ring (bicyclic) bond motifs is 1. The van der Waals surface area contributed by atoms with Crippen molar-refractivity contribution in [3.8, 4) is 5.75 Å². The molecule has 0 radical (unpaired) electrons. The molecule has 0 fully saturated rings. The lowest BCUT2D eigenvalue weighted by Gasteiger charge is -2.22. The van der Waals surface area contributed by atoms with Gasteiger partial charge < -0.3 is 19.2 Å². The Morgan fingerprint density at radius 2 is 1.97 bits per heavy atom. The number of carbonyl (C=O) groups excluding carboxylic acids is 2. The van der Waals surface area contributed by atoms with E-state index in [1.807, 2.05) is 31.2 Å². The second-order valence-electron chi connectivity index (χ2n) is 7.08. The number of carbonyl (C=O) groups is 2. The van der Waals surface area contributed by atoms with Crippen molar-refractivity contribution in [3.63, 3.8) is 0 Å². The Hall–Kier alpha value is -3.38. The van der Waals surface area contributed by atoms with Crippen molar-refractivity contribution in [2.45, 2.75) is 18.9 Å². The standard InChI is InChI=1S/C23H21NO5/c1-16-6-4-7-17(14-16)28-13-11-24-19-9-3-2-8-18(19)23(27,22(24)26)15-20(25)21-10-5-12-29-21/h2-10,12,14,27H,11,13,15H2,1H3. The molecule has 1 unspecified atom stereocenters. The molecule has 0 spiro atoms. The van der Waals surface area contributed by atoms with Gasteiger partial charge in [-0.1, -0.05) is 30.3 Å². The number of anilines is 1. The largest absolute Gasteiger partial charge is 0.492 e. The maximum Gasteiger partial charge on any atom is 0.264 e. The van der Waals surface area contributed by atoms with Crippen LogP contribution in [0.2, 0.25) is 0 Å². The molecule has 0 saturated heterocycles. The summed E-state index contributed by atoms with van der Waals surface area (Å²) in [5.74, 6) is -0.136. The summed E-state index contributed by atoms with van der Waals surface area (Å²) in [6.07, 6.45) is 1.00. The topological polar surface area (TPSA) is 80.0 Å². The number of hydrogen-bond donors (Lipinski definition) is 1. The zero-order valence-corrected chi connectivity index (χ0v) is 16.0. The van der Waals surface area contributed by atoms with Gasteiger partial charge in [-0.3, -0.25) is 9.59 Å². The molecular weight excluding hydrogens is 370 g/mol. The third-order valence-corrected chi connectivity index (χ3v) is 5.02. The van der Waals surface area contributed by atoms with Crippen LogP contribution in [0.5, 0.6) is 5.75 Å². The summed E-state index contributed by atoms with van der Waals surface area (Å²) in [6, 6.07) is 17.7. The Labute approximate surface area is 168 Å². The first-order valence-corrected chi connectivity index (χ1v) is 9.39. The number of nitrogens with zero attached hydrogens (tertiary/aromatic N) is 1. The molecule has 0 bridgehead atoms. The van der Waals surface area contributed by atoms with Gasteiger partial charge >= 0.3 is 0 Å². The first kappa shape index (κ1) is 19.0. The minimum Gasteiger partial charge on any atom is -0.492 e. The number of ether oxygens (including phenoxy) is 1. The fourth-order valence-electron chi connectivity index (χ4n) is 3.62. The minimum atomic E-state index is -1.93. The van der Waals surface area contributed by atoms with Crippen LogP contribution in [0.1, 0.15) is 28.1 Å². The van der Waals surface area contributed by atoms with E-state index in [2.05, 4.69) is 0 Å². The Bertz CT molecular complexity index is 1040. The molecule has 148 valence electrons. The van der Waals surface area contributed by atoms with Crippen molar-refractivity contribution in [3.05, 3.63) is 83.8 Å². The molecule has 2 heterocycles. The number of furan rings is 1. The van der Waals surface area contributed by atoms with Gasteiger partial charge in [0.15, 0.2) is 11.4 Å². The quantitative estimate of drug-likeness (QED) is 0.624. The van der Waals surface area contributed by atoms with Crippen LogP contribution in [-0.4, -0.2) is 29.9 Å². The van der Waals surface area contributed by atoms with Crippen molar-refractivity contribution < 1.29 is 23.8 Å². The normalized spacial score (nSPS) is 18.0. The summed E-state index contributed by atoms with van der Waals surface area (Å²) in [5.41, 5.74) is 0.153. The van der Waals surface area contributed by atoms with Crippen LogP contribution in [-0.2, 0) is 10.4 Å². The van der Waals surface area contributed by atoms with Crippen molar-refractivity contribution in [1.29, 1.82) is 0 Å². The first-order valence-electron chi connectivity index (χ1n) is 9.39. The van der Waals surface area contributed by atoms with Crippen LogP contribution >= 0.6 is 0 Å². The molecule has 3 aromatic rings. The predicted molar refractivity (Wildman–Crippen MR) is 107 cm³/mol. The van der Waals surface area contributed by atoms with E-state index < -0.39 is 17.3 Å². The lowest BCUT2D eigenvalue weighted by molar-refractivity contribution is -0.136. The summed E-state index contributed by atoms with van der Waals surface area (Å²) >= 11 is 0. The average Bonchev–Trinajstić information content (AvgIpc) is 3.31. The number of aliphatic hydroxyl groups is 1. The number of amides is 1. The van der Waals surface area contributed by atoms with Crippen LogP contribution < -0.4 is 9.64 Å². The third kappa shape index (κ3) is 3.54. The summed E-state index contributed by atoms with van der Waals surface area (Å²) in [4.78, 5) is 27.1. The first-order chi connectivity index (χ1) is 14.0. The van der Waals surface area contributed by atoms with Crippen molar-refractivity contribution in [2.24, 2.45) is 0 Å². The molecule has 0 aliphatic carbocycles. The zero-order chi connectivity index (χ0) is 20.4. The molecule has 1 atom stereocenters. The Balaban J connectivity index is 1.53. The highest BCUT2D eigenvalue weighted by atomic mass is 16.5. The van der Waals surface area contributed by atoms with E-state index in [4.69, 9.17) is 9.15 Å².